The van der Waals surface area contributed by atoms with Crippen molar-refractivity contribution in [2.75, 3.05) is 9.71 Å². The lowest BCUT2D eigenvalue weighted by Gasteiger charge is -2.52. The largest absolute Gasteiger partial charge is 0.376 e. The molecule has 14 rings (SSSR count). The molecule has 0 radical (unpaired) electrons. The Bertz CT molecular complexity index is 3480. The first-order chi connectivity index (χ1) is 32.3. The summed E-state index contributed by atoms with van der Waals surface area (Å²) in [6.45, 7) is 19.4. The number of aryl methyl sites for hydroxylation is 1. The van der Waals surface area contributed by atoms with E-state index in [0.29, 0.717) is 0 Å². The van der Waals surface area contributed by atoms with Crippen LogP contribution in [0.3, 0.4) is 0 Å². The van der Waals surface area contributed by atoms with Crippen LogP contribution < -0.4 is 41.4 Å². The first-order valence-corrected chi connectivity index (χ1v) is 27.9. The fourth-order valence-corrected chi connectivity index (χ4v) is 21.0. The fraction of sp³-hybridized carbons (Fsp3) is 0.213. The summed E-state index contributed by atoms with van der Waals surface area (Å²) in [5.41, 5.74) is 20.8. The summed E-state index contributed by atoms with van der Waals surface area (Å²) in [5.74, 6) is 0. The molecule has 8 aromatic carbocycles. The molecule has 0 atom stereocenters. The van der Waals surface area contributed by atoms with E-state index >= 15 is 0 Å². The molecule has 0 fully saturated rings. The number of fused-ring (bicyclic) bond motifs is 16. The summed E-state index contributed by atoms with van der Waals surface area (Å²) < 4.78 is 0. The lowest BCUT2D eigenvalue weighted by molar-refractivity contribution is 0.332. The zero-order valence-electron chi connectivity index (χ0n) is 39.6. The highest BCUT2D eigenvalue weighted by atomic mass is 32.2. The predicted octanol–water partition coefficient (Wildman–Crippen LogP) is 12.6. The molecule has 0 saturated carbocycles. The molecule has 1 aliphatic carbocycles. The first-order valence-electron chi connectivity index (χ1n) is 24.2. The van der Waals surface area contributed by atoms with Crippen LogP contribution in [-0.2, 0) is 16.2 Å². The number of hydrogen-bond donors (Lipinski definition) is 0. The fourth-order valence-electron chi connectivity index (χ4n) is 13.2. The van der Waals surface area contributed by atoms with Crippen molar-refractivity contribution < 1.29 is 0 Å². The van der Waals surface area contributed by atoms with Crippen molar-refractivity contribution in [1.82, 2.24) is 0 Å². The molecule has 0 saturated heterocycles. The van der Waals surface area contributed by atoms with E-state index in [0.717, 1.165) is 0 Å². The standard InChI is InChI=1S/C61H53BN2S2Si/c1-36-30-42-43(61(7,8)29-28-60(42,5)6)33-46(36)63-47-35-52-51(65-49-22-12-13-23-50(49)66-52)34-44(47)62-57-41(31-37(32-48(57)63)59(2,3)4)40-20-17-27-56-58(40)64(62)45-21-11-16-26-55(45)67(56)53-24-14-9-18-38(53)39-19-10-15-25-54(39)67/h9-27,30-35H,28-29H2,1-8H3. The number of hydrogen-bond acceptors (Lipinski definition) is 4. The molecule has 0 aromatic heterocycles. The highest BCUT2D eigenvalue weighted by Gasteiger charge is 2.58. The van der Waals surface area contributed by atoms with Gasteiger partial charge in [-0.25, -0.2) is 0 Å². The third kappa shape index (κ3) is 5.27. The maximum Gasteiger partial charge on any atom is 0.333 e. The smallest absolute Gasteiger partial charge is 0.333 e. The topological polar surface area (TPSA) is 6.48 Å². The average molecular weight is 917 g/mol. The van der Waals surface area contributed by atoms with E-state index < -0.39 is 8.07 Å². The van der Waals surface area contributed by atoms with E-state index in [2.05, 4.69) is 217 Å². The van der Waals surface area contributed by atoms with Gasteiger partial charge in [-0.05, 0) is 149 Å². The summed E-state index contributed by atoms with van der Waals surface area (Å²) in [6, 6.07) is 60.2. The van der Waals surface area contributed by atoms with Crippen molar-refractivity contribution in [3.8, 4) is 22.3 Å². The first kappa shape index (κ1) is 40.4. The molecular formula is C61H53BN2S2Si. The van der Waals surface area contributed by atoms with Gasteiger partial charge in [0.25, 0.3) is 0 Å². The highest BCUT2D eigenvalue weighted by Crippen LogP contribution is 2.55. The van der Waals surface area contributed by atoms with Gasteiger partial charge in [0.05, 0.1) is 0 Å². The van der Waals surface area contributed by atoms with E-state index in [-0.39, 0.29) is 23.1 Å². The van der Waals surface area contributed by atoms with Crippen LogP contribution in [0.2, 0.25) is 0 Å². The SMILES string of the molecule is Cc1cc2c(cc1N1c3cc4c(cc3B3c5c(cc(C(C)(C)C)cc51)-c1cccc5c1N3c1ccccc1[Si]51c3ccccc3-c3ccccc31)Sc1ccccc1S4)C(C)(C)CCC2(C)C. The molecule has 0 bridgehead atoms. The van der Waals surface area contributed by atoms with Crippen LogP contribution >= 0.6 is 23.5 Å². The van der Waals surface area contributed by atoms with Crippen molar-refractivity contribution in [3.05, 3.63) is 174 Å². The summed E-state index contributed by atoms with van der Waals surface area (Å²) in [6.07, 6.45) is 2.38. The van der Waals surface area contributed by atoms with E-state index in [4.69, 9.17) is 0 Å². The number of nitrogens with zero attached hydrogens (tertiary/aromatic N) is 2. The Hall–Kier alpha value is -5.66. The highest BCUT2D eigenvalue weighted by molar-refractivity contribution is 8.05. The Morgan fingerprint density at radius 3 is 1.75 bits per heavy atom. The van der Waals surface area contributed by atoms with Crippen molar-refractivity contribution >= 4 is 98.6 Å². The Kier molecular flexibility index (Phi) is 8.16. The quantitative estimate of drug-likeness (QED) is 0.151. The molecule has 6 aliphatic rings. The summed E-state index contributed by atoms with van der Waals surface area (Å²) >= 11 is 3.88. The van der Waals surface area contributed by atoms with Crippen LogP contribution in [0.4, 0.5) is 28.4 Å². The van der Waals surface area contributed by atoms with Crippen molar-refractivity contribution in [2.45, 2.75) is 104 Å². The minimum atomic E-state index is -2.79. The lowest BCUT2D eigenvalue weighted by Crippen LogP contribution is -2.78. The van der Waals surface area contributed by atoms with E-state index in [1.807, 2.05) is 23.5 Å². The maximum atomic E-state index is 2.83. The molecular weight excluding hydrogens is 864 g/mol. The Balaban J connectivity index is 1.13. The number of anilines is 5. The molecule has 5 aliphatic heterocycles. The van der Waals surface area contributed by atoms with Gasteiger partial charge in [0.1, 0.15) is 0 Å². The second-order valence-electron chi connectivity index (χ2n) is 22.3. The molecule has 1 spiro atoms. The minimum Gasteiger partial charge on any atom is -0.376 e. The van der Waals surface area contributed by atoms with Gasteiger partial charge in [0.2, 0.25) is 0 Å². The summed E-state index contributed by atoms with van der Waals surface area (Å²) in [4.78, 5) is 10.9. The Morgan fingerprint density at radius 1 is 0.507 bits per heavy atom. The van der Waals surface area contributed by atoms with E-state index in [1.54, 1.807) is 0 Å². The Morgan fingerprint density at radius 2 is 1.07 bits per heavy atom. The van der Waals surface area contributed by atoms with Gasteiger partial charge in [0.15, 0.2) is 8.07 Å². The van der Waals surface area contributed by atoms with E-state index in [1.165, 1.54) is 137 Å². The number of para-hydroxylation sites is 2. The van der Waals surface area contributed by atoms with E-state index in [9.17, 15) is 0 Å². The van der Waals surface area contributed by atoms with Crippen molar-refractivity contribution in [3.63, 3.8) is 0 Å². The van der Waals surface area contributed by atoms with Gasteiger partial charge < -0.3 is 9.71 Å². The molecule has 2 nitrogen and oxygen atoms in total. The minimum absolute atomic E-state index is 0.0558. The maximum absolute atomic E-state index is 2.83. The monoisotopic (exact) mass is 916 g/mol. The van der Waals surface area contributed by atoms with Gasteiger partial charge >= 0.3 is 6.85 Å². The second kappa shape index (κ2) is 13.5. The molecule has 6 heteroatoms. The summed E-state index contributed by atoms with van der Waals surface area (Å²) in [5, 5.41) is 6.02. The van der Waals surface area contributed by atoms with Crippen LogP contribution in [0, 0.1) is 6.92 Å². The van der Waals surface area contributed by atoms with Gasteiger partial charge in [-0.2, -0.15) is 0 Å². The summed E-state index contributed by atoms with van der Waals surface area (Å²) in [7, 11) is -2.79. The van der Waals surface area contributed by atoms with Crippen LogP contribution in [0.15, 0.2) is 171 Å². The molecule has 8 aromatic rings. The lowest BCUT2D eigenvalue weighted by atomic mass is 9.43. The normalized spacial score (nSPS) is 17.6. The third-order valence-electron chi connectivity index (χ3n) is 16.6. The van der Waals surface area contributed by atoms with Crippen molar-refractivity contribution in [2.24, 2.45) is 0 Å². The van der Waals surface area contributed by atoms with Crippen molar-refractivity contribution in [1.29, 1.82) is 0 Å². The number of rotatable bonds is 1. The number of benzene rings is 8. The van der Waals surface area contributed by atoms with Gasteiger partial charge in [-0.15, -0.1) is 0 Å². The molecule has 326 valence electrons. The predicted molar refractivity (Wildman–Crippen MR) is 290 cm³/mol. The van der Waals surface area contributed by atoms with Crippen LogP contribution in [0.1, 0.15) is 83.6 Å². The van der Waals surface area contributed by atoms with Crippen LogP contribution in [-0.4, -0.2) is 14.9 Å². The third-order valence-corrected chi connectivity index (χ3v) is 24.1. The van der Waals surface area contributed by atoms with Crippen LogP contribution in [0.5, 0.6) is 0 Å². The van der Waals surface area contributed by atoms with Gasteiger partial charge in [0, 0.05) is 53.6 Å². The Labute approximate surface area is 406 Å². The van der Waals surface area contributed by atoms with Gasteiger partial charge in [-0.3, -0.25) is 0 Å². The zero-order valence-corrected chi connectivity index (χ0v) is 42.3. The second-order valence-corrected chi connectivity index (χ2v) is 28.2. The van der Waals surface area contributed by atoms with Crippen LogP contribution in [0.25, 0.3) is 22.3 Å². The molecule has 5 heterocycles. The molecule has 0 amide bonds. The molecule has 0 N–H and O–H groups in total. The molecule has 67 heavy (non-hydrogen) atoms. The average Bonchev–Trinajstić information content (AvgIpc) is 3.61. The molecule has 0 unspecified atom stereocenters. The zero-order chi connectivity index (χ0) is 45.5. The van der Waals surface area contributed by atoms with Gasteiger partial charge in [-0.1, -0.05) is 181 Å².